The standard InChI is InChI=1S/C24H33N7/c1-3-25-24(27-12-10-19-17-28-22-9-5-4-8-21(19)22)29-18-20-7-6-11-26-23(20)31-15-13-30(2)14-16-31/h4-9,11,17,28H,3,10,12-16,18H2,1-2H3,(H2,25,27,29). The van der Waals surface area contributed by atoms with Crippen LogP contribution >= 0.6 is 0 Å². The average Bonchev–Trinajstić information content (AvgIpc) is 3.21. The number of guanidine groups is 1. The van der Waals surface area contributed by atoms with Gasteiger partial charge in [0.25, 0.3) is 0 Å². The number of aliphatic imine (C=N–C) groups is 1. The third kappa shape index (κ3) is 5.35. The summed E-state index contributed by atoms with van der Waals surface area (Å²) < 4.78 is 0. The fourth-order valence-electron chi connectivity index (χ4n) is 4.02. The lowest BCUT2D eigenvalue weighted by molar-refractivity contribution is 0.312. The molecule has 7 nitrogen and oxygen atoms in total. The molecule has 2 aromatic heterocycles. The summed E-state index contributed by atoms with van der Waals surface area (Å²) in [6, 6.07) is 12.6. The Labute approximate surface area is 184 Å². The van der Waals surface area contributed by atoms with Crippen molar-refractivity contribution in [2.45, 2.75) is 19.9 Å². The molecule has 1 aliphatic heterocycles. The number of rotatable bonds is 7. The van der Waals surface area contributed by atoms with Gasteiger partial charge in [0.2, 0.25) is 0 Å². The highest BCUT2D eigenvalue weighted by Gasteiger charge is 2.17. The third-order valence-corrected chi connectivity index (χ3v) is 5.78. The second-order valence-electron chi connectivity index (χ2n) is 8.01. The molecule has 31 heavy (non-hydrogen) atoms. The molecule has 0 unspecified atom stereocenters. The highest BCUT2D eigenvalue weighted by atomic mass is 15.3. The monoisotopic (exact) mass is 419 g/mol. The van der Waals surface area contributed by atoms with Crippen LogP contribution in [0, 0.1) is 0 Å². The van der Waals surface area contributed by atoms with Gasteiger partial charge in [0, 0.05) is 68.1 Å². The number of hydrogen-bond acceptors (Lipinski definition) is 4. The lowest BCUT2D eigenvalue weighted by Crippen LogP contribution is -2.45. The zero-order chi connectivity index (χ0) is 21.5. The minimum absolute atomic E-state index is 0.609. The van der Waals surface area contributed by atoms with Crippen molar-refractivity contribution in [3.05, 3.63) is 59.9 Å². The number of benzene rings is 1. The molecule has 1 aromatic carbocycles. The van der Waals surface area contributed by atoms with Gasteiger partial charge in [-0.25, -0.2) is 9.98 Å². The van der Waals surface area contributed by atoms with Crippen LogP contribution in [0.2, 0.25) is 0 Å². The maximum absolute atomic E-state index is 4.84. The molecule has 1 aliphatic rings. The van der Waals surface area contributed by atoms with Gasteiger partial charge in [0.15, 0.2) is 5.96 Å². The van der Waals surface area contributed by atoms with E-state index in [4.69, 9.17) is 4.99 Å². The Balaban J connectivity index is 1.39. The van der Waals surface area contributed by atoms with Crippen molar-refractivity contribution in [3.63, 3.8) is 0 Å². The summed E-state index contributed by atoms with van der Waals surface area (Å²) in [6.07, 6.45) is 4.92. The van der Waals surface area contributed by atoms with E-state index in [0.717, 1.165) is 57.5 Å². The van der Waals surface area contributed by atoms with Gasteiger partial charge in [-0.15, -0.1) is 0 Å². The van der Waals surface area contributed by atoms with Gasteiger partial charge in [-0.3, -0.25) is 0 Å². The second-order valence-corrected chi connectivity index (χ2v) is 8.01. The van der Waals surface area contributed by atoms with E-state index in [-0.39, 0.29) is 0 Å². The topological polar surface area (TPSA) is 71.6 Å². The van der Waals surface area contributed by atoms with E-state index in [2.05, 4.69) is 80.9 Å². The summed E-state index contributed by atoms with van der Waals surface area (Å²) in [4.78, 5) is 17.6. The maximum Gasteiger partial charge on any atom is 0.191 e. The van der Waals surface area contributed by atoms with Gasteiger partial charge < -0.3 is 25.4 Å². The number of pyridine rings is 1. The Morgan fingerprint density at radius 2 is 1.90 bits per heavy atom. The van der Waals surface area contributed by atoms with Crippen molar-refractivity contribution < 1.29 is 0 Å². The molecule has 0 radical (unpaired) electrons. The molecule has 0 atom stereocenters. The second kappa shape index (κ2) is 10.3. The average molecular weight is 420 g/mol. The van der Waals surface area contributed by atoms with Crippen molar-refractivity contribution in [2.75, 3.05) is 51.2 Å². The van der Waals surface area contributed by atoms with Crippen LogP contribution in [0.1, 0.15) is 18.1 Å². The third-order valence-electron chi connectivity index (χ3n) is 5.78. The molecule has 0 bridgehead atoms. The van der Waals surface area contributed by atoms with E-state index in [1.165, 1.54) is 22.0 Å². The summed E-state index contributed by atoms with van der Waals surface area (Å²) in [5, 5.41) is 8.14. The summed E-state index contributed by atoms with van der Waals surface area (Å²) in [6.45, 7) is 8.51. The van der Waals surface area contributed by atoms with Crippen LogP contribution in [-0.2, 0) is 13.0 Å². The maximum atomic E-state index is 4.84. The molecule has 0 saturated carbocycles. The molecular weight excluding hydrogens is 386 g/mol. The first-order valence-corrected chi connectivity index (χ1v) is 11.2. The van der Waals surface area contributed by atoms with E-state index in [9.17, 15) is 0 Å². The molecule has 4 rings (SSSR count). The number of aromatic nitrogens is 2. The Hall–Kier alpha value is -3.06. The zero-order valence-corrected chi connectivity index (χ0v) is 18.6. The number of anilines is 1. The molecule has 7 heteroatoms. The normalized spacial score (nSPS) is 15.4. The SMILES string of the molecule is CCNC(=NCc1cccnc1N1CCN(C)CC1)NCCc1c[nH]c2ccccc12. The highest BCUT2D eigenvalue weighted by Crippen LogP contribution is 2.20. The number of fused-ring (bicyclic) bond motifs is 1. The van der Waals surface area contributed by atoms with E-state index in [1.54, 1.807) is 0 Å². The Bertz CT molecular complexity index is 1000. The Morgan fingerprint density at radius 1 is 1.06 bits per heavy atom. The van der Waals surface area contributed by atoms with Crippen LogP contribution in [0.4, 0.5) is 5.82 Å². The lowest BCUT2D eigenvalue weighted by atomic mass is 10.1. The summed E-state index contributed by atoms with van der Waals surface area (Å²) in [5.74, 6) is 1.91. The van der Waals surface area contributed by atoms with E-state index in [0.29, 0.717) is 6.54 Å². The number of H-pyrrole nitrogens is 1. The number of nitrogens with zero attached hydrogens (tertiary/aromatic N) is 4. The Morgan fingerprint density at radius 3 is 2.74 bits per heavy atom. The number of hydrogen-bond donors (Lipinski definition) is 3. The molecule has 0 spiro atoms. The van der Waals surface area contributed by atoms with Gasteiger partial charge in [0.05, 0.1) is 6.54 Å². The molecule has 3 N–H and O–H groups in total. The number of nitrogens with one attached hydrogen (secondary N) is 3. The minimum atomic E-state index is 0.609. The first kappa shape index (κ1) is 21.2. The lowest BCUT2D eigenvalue weighted by Gasteiger charge is -2.34. The van der Waals surface area contributed by atoms with Gasteiger partial charge in [-0.05, 0) is 38.1 Å². The van der Waals surface area contributed by atoms with Crippen molar-refractivity contribution >= 4 is 22.7 Å². The molecule has 1 fully saturated rings. The van der Waals surface area contributed by atoms with E-state index < -0.39 is 0 Å². The van der Waals surface area contributed by atoms with Gasteiger partial charge in [-0.1, -0.05) is 24.3 Å². The van der Waals surface area contributed by atoms with E-state index in [1.807, 2.05) is 12.3 Å². The Kier molecular flexibility index (Phi) is 7.04. The van der Waals surface area contributed by atoms with Crippen LogP contribution < -0.4 is 15.5 Å². The van der Waals surface area contributed by atoms with Gasteiger partial charge in [-0.2, -0.15) is 0 Å². The zero-order valence-electron chi connectivity index (χ0n) is 18.6. The molecule has 164 valence electrons. The molecule has 3 heterocycles. The van der Waals surface area contributed by atoms with E-state index >= 15 is 0 Å². The predicted octanol–water partition coefficient (Wildman–Crippen LogP) is 2.61. The van der Waals surface area contributed by atoms with Gasteiger partial charge >= 0.3 is 0 Å². The number of aromatic amines is 1. The van der Waals surface area contributed by atoms with Crippen LogP contribution in [0.5, 0.6) is 0 Å². The van der Waals surface area contributed by atoms with Crippen LogP contribution in [0.3, 0.4) is 0 Å². The minimum Gasteiger partial charge on any atom is -0.361 e. The van der Waals surface area contributed by atoms with Crippen molar-refractivity contribution in [2.24, 2.45) is 4.99 Å². The molecule has 3 aromatic rings. The number of para-hydroxylation sites is 1. The highest BCUT2D eigenvalue weighted by molar-refractivity contribution is 5.83. The molecular formula is C24H33N7. The van der Waals surface area contributed by atoms with Crippen LogP contribution in [0.25, 0.3) is 10.9 Å². The fourth-order valence-corrected chi connectivity index (χ4v) is 4.02. The fraction of sp³-hybridized carbons (Fsp3) is 0.417. The number of likely N-dealkylation sites (N-methyl/N-ethyl adjacent to an activating group) is 1. The van der Waals surface area contributed by atoms with Crippen LogP contribution in [-0.4, -0.2) is 67.1 Å². The van der Waals surface area contributed by atoms with Crippen molar-refractivity contribution in [1.82, 2.24) is 25.5 Å². The molecule has 0 amide bonds. The quantitative estimate of drug-likeness (QED) is 0.406. The van der Waals surface area contributed by atoms with Gasteiger partial charge in [0.1, 0.15) is 5.82 Å². The predicted molar refractivity (Wildman–Crippen MR) is 129 cm³/mol. The first-order chi connectivity index (χ1) is 15.2. The largest absolute Gasteiger partial charge is 0.361 e. The summed E-state index contributed by atoms with van der Waals surface area (Å²) in [7, 11) is 2.17. The van der Waals surface area contributed by atoms with Crippen molar-refractivity contribution in [1.29, 1.82) is 0 Å². The molecule has 0 aliphatic carbocycles. The first-order valence-electron chi connectivity index (χ1n) is 11.2. The molecule has 1 saturated heterocycles. The number of piperazine rings is 1. The van der Waals surface area contributed by atoms with Crippen molar-refractivity contribution in [3.8, 4) is 0 Å². The van der Waals surface area contributed by atoms with Crippen LogP contribution in [0.15, 0.2) is 53.8 Å². The summed E-state index contributed by atoms with van der Waals surface area (Å²) in [5.41, 5.74) is 3.68. The summed E-state index contributed by atoms with van der Waals surface area (Å²) >= 11 is 0. The smallest absolute Gasteiger partial charge is 0.191 e.